The van der Waals surface area contributed by atoms with Crippen molar-refractivity contribution in [1.29, 1.82) is 0 Å². The molecule has 0 spiro atoms. The van der Waals surface area contributed by atoms with Crippen LogP contribution >= 0.6 is 15.9 Å². The summed E-state index contributed by atoms with van der Waals surface area (Å²) in [7, 11) is 0. The van der Waals surface area contributed by atoms with Crippen LogP contribution in [0.4, 0.5) is 0 Å². The molecule has 0 atom stereocenters. The molecule has 0 aliphatic rings. The Kier molecular flexibility index (Phi) is 2.82. The molecule has 0 unspecified atom stereocenters. The standard InChI is InChI=1S/C8H6BrN3O3/c9-5-1-2-14-7(5)8(13)10-3-6-11-4-15-12-6/h1-2,4H,3H2,(H,10,13). The van der Waals surface area contributed by atoms with E-state index >= 15 is 0 Å². The van der Waals surface area contributed by atoms with E-state index in [2.05, 4.69) is 35.9 Å². The van der Waals surface area contributed by atoms with Gasteiger partial charge in [0.1, 0.15) is 0 Å². The minimum Gasteiger partial charge on any atom is -0.458 e. The molecule has 2 rings (SSSR count). The number of nitrogens with one attached hydrogen (secondary N) is 1. The van der Waals surface area contributed by atoms with Crippen molar-refractivity contribution in [2.24, 2.45) is 0 Å². The second-order valence-electron chi connectivity index (χ2n) is 2.63. The zero-order chi connectivity index (χ0) is 10.7. The molecule has 2 heterocycles. The molecule has 0 bridgehead atoms. The summed E-state index contributed by atoms with van der Waals surface area (Å²) in [5.41, 5.74) is 0. The van der Waals surface area contributed by atoms with Crippen molar-refractivity contribution in [1.82, 2.24) is 15.5 Å². The van der Waals surface area contributed by atoms with E-state index in [-0.39, 0.29) is 18.2 Å². The van der Waals surface area contributed by atoms with Gasteiger partial charge >= 0.3 is 0 Å². The van der Waals surface area contributed by atoms with Crippen molar-refractivity contribution in [3.05, 3.63) is 34.8 Å². The van der Waals surface area contributed by atoms with Gasteiger partial charge in [-0.3, -0.25) is 4.79 Å². The van der Waals surface area contributed by atoms with Crippen LogP contribution in [0.3, 0.4) is 0 Å². The summed E-state index contributed by atoms with van der Waals surface area (Å²) >= 11 is 3.18. The van der Waals surface area contributed by atoms with E-state index in [1.54, 1.807) is 6.07 Å². The Morgan fingerprint density at radius 2 is 2.47 bits per heavy atom. The smallest absolute Gasteiger partial charge is 0.288 e. The highest BCUT2D eigenvalue weighted by atomic mass is 79.9. The van der Waals surface area contributed by atoms with Gasteiger partial charge in [0.2, 0.25) is 12.2 Å². The van der Waals surface area contributed by atoms with Crippen LogP contribution in [0.5, 0.6) is 0 Å². The van der Waals surface area contributed by atoms with Gasteiger partial charge in [0, 0.05) is 0 Å². The van der Waals surface area contributed by atoms with Crippen molar-refractivity contribution < 1.29 is 13.7 Å². The van der Waals surface area contributed by atoms with Gasteiger partial charge in [-0.05, 0) is 22.0 Å². The van der Waals surface area contributed by atoms with Crippen molar-refractivity contribution in [3.8, 4) is 0 Å². The fourth-order valence-corrected chi connectivity index (χ4v) is 1.35. The van der Waals surface area contributed by atoms with Gasteiger partial charge in [0.05, 0.1) is 17.3 Å². The van der Waals surface area contributed by atoms with Gasteiger partial charge in [-0.25, -0.2) is 0 Å². The second-order valence-corrected chi connectivity index (χ2v) is 3.48. The highest BCUT2D eigenvalue weighted by molar-refractivity contribution is 9.10. The predicted octanol–water partition coefficient (Wildman–Crippen LogP) is 1.36. The van der Waals surface area contributed by atoms with E-state index in [1.807, 2.05) is 0 Å². The van der Waals surface area contributed by atoms with Gasteiger partial charge in [-0.1, -0.05) is 5.16 Å². The van der Waals surface area contributed by atoms with Crippen LogP contribution in [-0.4, -0.2) is 16.0 Å². The quantitative estimate of drug-likeness (QED) is 0.912. The molecule has 2 aromatic rings. The number of carbonyl (C=O) groups excluding carboxylic acids is 1. The predicted molar refractivity (Wildman–Crippen MR) is 51.9 cm³/mol. The average molecular weight is 272 g/mol. The molecule has 0 radical (unpaired) electrons. The molecular formula is C8H6BrN3O3. The molecule has 7 heteroatoms. The number of furan rings is 1. The van der Waals surface area contributed by atoms with Crippen molar-refractivity contribution in [3.63, 3.8) is 0 Å². The third kappa shape index (κ3) is 2.24. The summed E-state index contributed by atoms with van der Waals surface area (Å²) in [5, 5.41) is 6.13. The molecule has 0 saturated heterocycles. The van der Waals surface area contributed by atoms with Crippen LogP contribution in [0.1, 0.15) is 16.4 Å². The molecule has 78 valence electrons. The fraction of sp³-hybridized carbons (Fsp3) is 0.125. The molecule has 15 heavy (non-hydrogen) atoms. The lowest BCUT2D eigenvalue weighted by atomic mass is 10.4. The Morgan fingerprint density at radius 1 is 1.60 bits per heavy atom. The number of halogens is 1. The Balaban J connectivity index is 1.96. The maximum atomic E-state index is 11.5. The van der Waals surface area contributed by atoms with Gasteiger partial charge in [0.15, 0.2) is 5.82 Å². The van der Waals surface area contributed by atoms with Crippen molar-refractivity contribution in [2.75, 3.05) is 0 Å². The van der Waals surface area contributed by atoms with E-state index in [0.29, 0.717) is 10.3 Å². The van der Waals surface area contributed by atoms with Crippen LogP contribution in [0.15, 0.2) is 32.1 Å². The maximum Gasteiger partial charge on any atom is 0.288 e. The molecule has 0 aliphatic carbocycles. The van der Waals surface area contributed by atoms with Gasteiger partial charge in [0.25, 0.3) is 5.91 Å². The minimum atomic E-state index is -0.336. The van der Waals surface area contributed by atoms with Crippen LogP contribution in [0.2, 0.25) is 0 Å². The first-order valence-electron chi connectivity index (χ1n) is 4.04. The third-order valence-corrected chi connectivity index (χ3v) is 2.26. The van der Waals surface area contributed by atoms with E-state index < -0.39 is 0 Å². The molecule has 2 aromatic heterocycles. The number of hydrogen-bond donors (Lipinski definition) is 1. The highest BCUT2D eigenvalue weighted by Crippen LogP contribution is 2.17. The van der Waals surface area contributed by atoms with Gasteiger partial charge < -0.3 is 14.3 Å². The van der Waals surface area contributed by atoms with E-state index in [1.165, 1.54) is 12.7 Å². The fourth-order valence-electron chi connectivity index (χ4n) is 0.966. The number of amides is 1. The summed E-state index contributed by atoms with van der Waals surface area (Å²) in [4.78, 5) is 15.3. The summed E-state index contributed by atoms with van der Waals surface area (Å²) in [6, 6.07) is 1.64. The third-order valence-electron chi connectivity index (χ3n) is 1.64. The van der Waals surface area contributed by atoms with E-state index in [9.17, 15) is 4.79 Å². The van der Waals surface area contributed by atoms with E-state index in [0.717, 1.165) is 0 Å². The molecule has 1 N–H and O–H groups in total. The zero-order valence-electron chi connectivity index (χ0n) is 7.44. The van der Waals surface area contributed by atoms with E-state index in [4.69, 9.17) is 4.42 Å². The van der Waals surface area contributed by atoms with Gasteiger partial charge in [-0.2, -0.15) is 4.98 Å². The Morgan fingerprint density at radius 3 is 3.07 bits per heavy atom. The summed E-state index contributed by atoms with van der Waals surface area (Å²) in [6.45, 7) is 0.197. The van der Waals surface area contributed by atoms with Crippen LogP contribution in [0.25, 0.3) is 0 Å². The van der Waals surface area contributed by atoms with Crippen molar-refractivity contribution in [2.45, 2.75) is 6.54 Å². The molecule has 1 amide bonds. The molecule has 0 saturated carbocycles. The molecule has 6 nitrogen and oxygen atoms in total. The first-order chi connectivity index (χ1) is 7.27. The normalized spacial score (nSPS) is 10.2. The molecule has 0 aromatic carbocycles. The Hall–Kier alpha value is -1.63. The molecule has 0 aliphatic heterocycles. The average Bonchev–Trinajstić information content (AvgIpc) is 2.84. The zero-order valence-corrected chi connectivity index (χ0v) is 9.02. The van der Waals surface area contributed by atoms with Crippen LogP contribution < -0.4 is 5.32 Å². The summed E-state index contributed by atoms with van der Waals surface area (Å²) in [6.07, 6.45) is 2.62. The largest absolute Gasteiger partial charge is 0.458 e. The first kappa shape index (κ1) is 9.91. The second kappa shape index (κ2) is 4.26. The SMILES string of the molecule is O=C(NCc1ncon1)c1occc1Br. The van der Waals surface area contributed by atoms with Crippen molar-refractivity contribution >= 4 is 21.8 Å². The summed E-state index contributed by atoms with van der Waals surface area (Å²) in [5.74, 6) is 0.293. The van der Waals surface area contributed by atoms with Gasteiger partial charge in [-0.15, -0.1) is 0 Å². The topological polar surface area (TPSA) is 81.2 Å². The first-order valence-corrected chi connectivity index (χ1v) is 4.83. The van der Waals surface area contributed by atoms with Crippen LogP contribution in [0, 0.1) is 0 Å². The number of nitrogens with zero attached hydrogens (tertiary/aromatic N) is 2. The molecule has 0 fully saturated rings. The number of rotatable bonds is 3. The minimum absolute atomic E-state index is 0.197. The molecular weight excluding hydrogens is 266 g/mol. The highest BCUT2D eigenvalue weighted by Gasteiger charge is 2.13. The lowest BCUT2D eigenvalue weighted by Gasteiger charge is -1.98. The number of aromatic nitrogens is 2. The monoisotopic (exact) mass is 271 g/mol. The van der Waals surface area contributed by atoms with Crippen LogP contribution in [-0.2, 0) is 6.54 Å². The number of carbonyl (C=O) groups is 1. The Bertz CT molecular complexity index is 451. The maximum absolute atomic E-state index is 11.5. The lowest BCUT2D eigenvalue weighted by Crippen LogP contribution is -2.23. The number of hydrogen-bond acceptors (Lipinski definition) is 5. The Labute approximate surface area is 92.8 Å². The summed E-state index contributed by atoms with van der Waals surface area (Å²) < 4.78 is 10.1. The lowest BCUT2D eigenvalue weighted by molar-refractivity contribution is 0.0921.